The minimum Gasteiger partial charge on any atom is -0.491 e. The van der Waals surface area contributed by atoms with Crippen LogP contribution in [0.4, 0.5) is 5.82 Å². The van der Waals surface area contributed by atoms with E-state index in [1.165, 1.54) is 0 Å². The Kier molecular flexibility index (Phi) is 3.01. The molecular formula is C10H16N4O. The van der Waals surface area contributed by atoms with Crippen molar-refractivity contribution in [2.45, 2.75) is 6.92 Å². The number of hydrogen-bond donors (Lipinski definition) is 1. The first-order valence-corrected chi connectivity index (χ1v) is 5.14. The van der Waals surface area contributed by atoms with E-state index in [4.69, 9.17) is 4.74 Å². The lowest BCUT2D eigenvalue weighted by Gasteiger charge is -2.29. The van der Waals surface area contributed by atoms with Gasteiger partial charge in [-0.1, -0.05) is 0 Å². The van der Waals surface area contributed by atoms with Gasteiger partial charge in [0.1, 0.15) is 5.82 Å². The third-order valence-corrected chi connectivity index (χ3v) is 2.49. The molecule has 0 aromatic carbocycles. The van der Waals surface area contributed by atoms with Crippen LogP contribution in [0.2, 0.25) is 0 Å². The van der Waals surface area contributed by atoms with E-state index < -0.39 is 0 Å². The normalized spacial score (nSPS) is 16.5. The second-order valence-electron chi connectivity index (χ2n) is 3.55. The molecule has 1 fully saturated rings. The van der Waals surface area contributed by atoms with Gasteiger partial charge >= 0.3 is 0 Å². The van der Waals surface area contributed by atoms with E-state index >= 15 is 0 Å². The standard InChI is InChI=1S/C10H16N4O/c1-8-12-7-9(15-2)10(13-8)14-5-3-11-4-6-14/h7,11H,3-6H2,1-2H3. The van der Waals surface area contributed by atoms with Crippen LogP contribution in [0, 0.1) is 6.92 Å². The monoisotopic (exact) mass is 208 g/mol. The third-order valence-electron chi connectivity index (χ3n) is 2.49. The van der Waals surface area contributed by atoms with Crippen molar-refractivity contribution in [3.63, 3.8) is 0 Å². The Morgan fingerprint density at radius 3 is 2.80 bits per heavy atom. The average molecular weight is 208 g/mol. The van der Waals surface area contributed by atoms with Gasteiger partial charge < -0.3 is 15.0 Å². The molecule has 0 bridgehead atoms. The molecule has 5 nitrogen and oxygen atoms in total. The van der Waals surface area contributed by atoms with Crippen molar-refractivity contribution in [1.82, 2.24) is 15.3 Å². The smallest absolute Gasteiger partial charge is 0.179 e. The van der Waals surface area contributed by atoms with Gasteiger partial charge in [0.05, 0.1) is 13.3 Å². The van der Waals surface area contributed by atoms with Crippen LogP contribution in [0.1, 0.15) is 5.82 Å². The Morgan fingerprint density at radius 2 is 2.13 bits per heavy atom. The van der Waals surface area contributed by atoms with Crippen molar-refractivity contribution in [2.75, 3.05) is 38.2 Å². The maximum atomic E-state index is 5.27. The molecule has 2 heterocycles. The van der Waals surface area contributed by atoms with Crippen LogP contribution in [0.25, 0.3) is 0 Å². The van der Waals surface area contributed by atoms with E-state index in [-0.39, 0.29) is 0 Å². The number of aryl methyl sites for hydroxylation is 1. The number of methoxy groups -OCH3 is 1. The van der Waals surface area contributed by atoms with Crippen LogP contribution in [0.3, 0.4) is 0 Å². The molecule has 1 saturated heterocycles. The van der Waals surface area contributed by atoms with Gasteiger partial charge in [0.25, 0.3) is 0 Å². The minimum atomic E-state index is 0.752. The molecule has 0 spiro atoms. The Hall–Kier alpha value is -1.36. The number of ether oxygens (including phenoxy) is 1. The predicted molar refractivity (Wildman–Crippen MR) is 58.4 cm³/mol. The topological polar surface area (TPSA) is 50.3 Å². The Bertz CT molecular complexity index is 336. The maximum Gasteiger partial charge on any atom is 0.179 e. The molecule has 15 heavy (non-hydrogen) atoms. The Labute approximate surface area is 89.5 Å². The summed E-state index contributed by atoms with van der Waals surface area (Å²) in [7, 11) is 1.65. The van der Waals surface area contributed by atoms with Gasteiger partial charge in [-0.3, -0.25) is 0 Å². The van der Waals surface area contributed by atoms with Crippen molar-refractivity contribution in [3.8, 4) is 5.75 Å². The zero-order valence-electron chi connectivity index (χ0n) is 9.16. The largest absolute Gasteiger partial charge is 0.491 e. The van der Waals surface area contributed by atoms with Crippen LogP contribution in [-0.4, -0.2) is 43.3 Å². The van der Waals surface area contributed by atoms with Crippen molar-refractivity contribution in [3.05, 3.63) is 12.0 Å². The highest BCUT2D eigenvalue weighted by atomic mass is 16.5. The summed E-state index contributed by atoms with van der Waals surface area (Å²) < 4.78 is 5.27. The van der Waals surface area contributed by atoms with Crippen molar-refractivity contribution >= 4 is 5.82 Å². The van der Waals surface area contributed by atoms with Gasteiger partial charge in [-0.05, 0) is 6.92 Å². The highest BCUT2D eigenvalue weighted by Crippen LogP contribution is 2.24. The van der Waals surface area contributed by atoms with Gasteiger partial charge in [0.15, 0.2) is 11.6 Å². The number of aromatic nitrogens is 2. The molecule has 1 aliphatic heterocycles. The van der Waals surface area contributed by atoms with Gasteiger partial charge in [-0.15, -0.1) is 0 Å². The molecule has 1 N–H and O–H groups in total. The minimum absolute atomic E-state index is 0.752. The molecule has 0 unspecified atom stereocenters. The zero-order chi connectivity index (χ0) is 10.7. The highest BCUT2D eigenvalue weighted by Gasteiger charge is 2.16. The van der Waals surface area contributed by atoms with Crippen LogP contribution in [0.5, 0.6) is 5.75 Å². The summed E-state index contributed by atoms with van der Waals surface area (Å²) in [4.78, 5) is 10.8. The zero-order valence-corrected chi connectivity index (χ0v) is 9.16. The molecule has 2 rings (SSSR count). The van der Waals surface area contributed by atoms with E-state index in [1.807, 2.05) is 6.92 Å². The fourth-order valence-electron chi connectivity index (χ4n) is 1.69. The molecule has 1 aromatic rings. The fourth-order valence-corrected chi connectivity index (χ4v) is 1.69. The van der Waals surface area contributed by atoms with Crippen LogP contribution in [-0.2, 0) is 0 Å². The third kappa shape index (κ3) is 2.18. The van der Waals surface area contributed by atoms with Gasteiger partial charge in [0, 0.05) is 26.2 Å². The highest BCUT2D eigenvalue weighted by molar-refractivity contribution is 5.51. The molecule has 0 amide bonds. The summed E-state index contributed by atoms with van der Waals surface area (Å²) in [5.74, 6) is 2.44. The van der Waals surface area contributed by atoms with Gasteiger partial charge in [-0.2, -0.15) is 0 Å². The van der Waals surface area contributed by atoms with Crippen LogP contribution < -0.4 is 15.0 Å². The first kappa shape index (κ1) is 10.2. The van der Waals surface area contributed by atoms with Crippen molar-refractivity contribution in [1.29, 1.82) is 0 Å². The maximum absolute atomic E-state index is 5.27. The van der Waals surface area contributed by atoms with E-state index in [1.54, 1.807) is 13.3 Å². The van der Waals surface area contributed by atoms with Crippen LogP contribution in [0.15, 0.2) is 6.20 Å². The van der Waals surface area contributed by atoms with E-state index in [0.717, 1.165) is 43.6 Å². The fraction of sp³-hybridized carbons (Fsp3) is 0.600. The summed E-state index contributed by atoms with van der Waals surface area (Å²) in [6, 6.07) is 0. The Morgan fingerprint density at radius 1 is 1.40 bits per heavy atom. The van der Waals surface area contributed by atoms with E-state index in [2.05, 4.69) is 20.2 Å². The lowest BCUT2D eigenvalue weighted by Crippen LogP contribution is -2.44. The quantitative estimate of drug-likeness (QED) is 0.752. The van der Waals surface area contributed by atoms with Crippen LogP contribution >= 0.6 is 0 Å². The van der Waals surface area contributed by atoms with Gasteiger partial charge in [-0.25, -0.2) is 9.97 Å². The number of piperazine rings is 1. The molecule has 0 radical (unpaired) electrons. The summed E-state index contributed by atoms with van der Waals surface area (Å²) in [6.45, 7) is 5.81. The summed E-state index contributed by atoms with van der Waals surface area (Å²) in [6.07, 6.45) is 1.74. The first-order chi connectivity index (χ1) is 7.31. The molecular weight excluding hydrogens is 192 g/mol. The lowest BCUT2D eigenvalue weighted by atomic mass is 10.3. The molecule has 0 saturated carbocycles. The molecule has 82 valence electrons. The number of anilines is 1. The lowest BCUT2D eigenvalue weighted by molar-refractivity contribution is 0.408. The predicted octanol–water partition coefficient (Wildman–Crippen LogP) is 0.203. The first-order valence-electron chi connectivity index (χ1n) is 5.14. The Balaban J connectivity index is 2.27. The molecule has 0 atom stereocenters. The summed E-state index contributed by atoms with van der Waals surface area (Å²) in [5, 5.41) is 3.31. The number of nitrogens with one attached hydrogen (secondary N) is 1. The average Bonchev–Trinajstić information content (AvgIpc) is 2.30. The second-order valence-corrected chi connectivity index (χ2v) is 3.55. The molecule has 5 heteroatoms. The second kappa shape index (κ2) is 4.44. The van der Waals surface area contributed by atoms with Crippen molar-refractivity contribution < 1.29 is 4.74 Å². The molecule has 0 aliphatic carbocycles. The number of hydrogen-bond acceptors (Lipinski definition) is 5. The van der Waals surface area contributed by atoms with Crippen molar-refractivity contribution in [2.24, 2.45) is 0 Å². The van der Waals surface area contributed by atoms with E-state index in [9.17, 15) is 0 Å². The summed E-state index contributed by atoms with van der Waals surface area (Å²) >= 11 is 0. The van der Waals surface area contributed by atoms with E-state index in [0.29, 0.717) is 0 Å². The number of rotatable bonds is 2. The number of nitrogens with zero attached hydrogens (tertiary/aromatic N) is 3. The van der Waals surface area contributed by atoms with Gasteiger partial charge in [0.2, 0.25) is 0 Å². The molecule has 1 aliphatic rings. The SMILES string of the molecule is COc1cnc(C)nc1N1CCNCC1. The summed E-state index contributed by atoms with van der Waals surface area (Å²) in [5.41, 5.74) is 0. The molecule has 1 aromatic heterocycles.